The molecule has 0 fully saturated rings. The summed E-state index contributed by atoms with van der Waals surface area (Å²) in [6, 6.07) is 5.76. The first-order valence-corrected chi connectivity index (χ1v) is 3.41. The van der Waals surface area contributed by atoms with Gasteiger partial charge in [0, 0.05) is 11.8 Å². The molecule has 0 bridgehead atoms. The summed E-state index contributed by atoms with van der Waals surface area (Å²) in [6.07, 6.45) is 3.71. The molecule has 0 N–H and O–H groups in total. The fourth-order valence-corrected chi connectivity index (χ4v) is 1.23. The molecule has 0 unspecified atom stereocenters. The van der Waals surface area contributed by atoms with E-state index in [0.717, 1.165) is 16.3 Å². The lowest BCUT2D eigenvalue weighted by atomic mass is 10.2. The number of halogens is 1. The van der Waals surface area contributed by atoms with Crippen molar-refractivity contribution in [1.29, 1.82) is 0 Å². The summed E-state index contributed by atoms with van der Waals surface area (Å²) >= 11 is 5.84. The van der Waals surface area contributed by atoms with E-state index in [1.54, 1.807) is 6.20 Å². The average Bonchev–Trinajstić information content (AvgIpc) is 2.36. The fourth-order valence-electron chi connectivity index (χ4n) is 0.995. The minimum atomic E-state index is 0.725. The van der Waals surface area contributed by atoms with E-state index in [1.165, 1.54) is 0 Å². The molecular weight excluding hydrogens is 146 g/mol. The Morgan fingerprint density at radius 1 is 1.30 bits per heavy atom. The molecule has 0 aromatic heterocycles. The summed E-state index contributed by atoms with van der Waals surface area (Å²) < 4.78 is 0. The third-order valence-corrected chi connectivity index (χ3v) is 1.78. The number of benzene rings is 1. The molecule has 0 spiro atoms. The van der Waals surface area contributed by atoms with Gasteiger partial charge in [0.15, 0.2) is 0 Å². The quantitative estimate of drug-likeness (QED) is 0.540. The Balaban J connectivity index is 2.66. The Hall–Kier alpha value is -0.950. The normalized spacial score (nSPS) is 12.9. The summed E-state index contributed by atoms with van der Waals surface area (Å²) in [5, 5.41) is 4.81. The highest BCUT2D eigenvalue weighted by Gasteiger charge is 2.07. The summed E-state index contributed by atoms with van der Waals surface area (Å²) in [7, 11) is 0. The van der Waals surface area contributed by atoms with Crippen LogP contribution in [0, 0.1) is 0 Å². The lowest BCUT2D eigenvalue weighted by molar-refractivity contribution is 1.22. The number of nitrogens with zero attached hydrogens (tertiary/aromatic N) is 1. The van der Waals surface area contributed by atoms with Crippen LogP contribution in [0.25, 0.3) is 6.08 Å². The van der Waals surface area contributed by atoms with Gasteiger partial charge >= 0.3 is 0 Å². The zero-order chi connectivity index (χ0) is 6.97. The zero-order valence-corrected chi connectivity index (χ0v) is 5.97. The Morgan fingerprint density at radius 3 is 3.00 bits per heavy atom. The highest BCUT2D eigenvalue weighted by molar-refractivity contribution is 6.33. The maximum absolute atomic E-state index is 5.84. The molecule has 0 saturated heterocycles. The highest BCUT2D eigenvalue weighted by atomic mass is 35.5. The van der Waals surface area contributed by atoms with E-state index in [-0.39, 0.29) is 0 Å². The fraction of sp³-hybridized carbons (Fsp3) is 0. The zero-order valence-electron chi connectivity index (χ0n) is 5.21. The predicted octanol–water partition coefficient (Wildman–Crippen LogP) is 2.56. The van der Waals surface area contributed by atoms with Gasteiger partial charge in [0.2, 0.25) is 0 Å². The Labute approximate surface area is 64.3 Å². The van der Waals surface area contributed by atoms with E-state index in [0.29, 0.717) is 0 Å². The minimum absolute atomic E-state index is 0.725. The van der Waals surface area contributed by atoms with Crippen LogP contribution in [0.1, 0.15) is 5.56 Å². The van der Waals surface area contributed by atoms with Crippen molar-refractivity contribution in [3.05, 3.63) is 35.0 Å². The number of rotatable bonds is 0. The smallest absolute Gasteiger partial charge is 0.0888 e. The van der Waals surface area contributed by atoms with Crippen LogP contribution in [0.3, 0.4) is 0 Å². The predicted molar refractivity (Wildman–Crippen MR) is 42.3 cm³/mol. The van der Waals surface area contributed by atoms with Crippen molar-refractivity contribution in [1.82, 2.24) is 5.32 Å². The van der Waals surface area contributed by atoms with Crippen LogP contribution in [0.5, 0.6) is 0 Å². The van der Waals surface area contributed by atoms with Crippen molar-refractivity contribution in [3.8, 4) is 0 Å². The molecule has 0 amide bonds. The maximum atomic E-state index is 5.84. The second-order valence-corrected chi connectivity index (χ2v) is 2.53. The van der Waals surface area contributed by atoms with Crippen molar-refractivity contribution in [2.24, 2.45) is 0 Å². The second-order valence-electron chi connectivity index (χ2n) is 2.12. The molecule has 1 nitrogen and oxygen atoms in total. The van der Waals surface area contributed by atoms with Crippen molar-refractivity contribution >= 4 is 23.4 Å². The Bertz CT molecular complexity index is 291. The van der Waals surface area contributed by atoms with E-state index >= 15 is 0 Å². The first-order valence-electron chi connectivity index (χ1n) is 3.04. The number of hydrogen-bond donors (Lipinski definition) is 0. The van der Waals surface area contributed by atoms with Gasteiger partial charge in [-0.2, -0.15) is 0 Å². The molecule has 0 saturated carbocycles. The van der Waals surface area contributed by atoms with Gasteiger partial charge in [-0.25, -0.2) is 0 Å². The average molecular weight is 151 g/mol. The molecule has 1 aliphatic rings. The summed E-state index contributed by atoms with van der Waals surface area (Å²) in [5.74, 6) is 0. The standard InChI is InChI=1S/C8H5ClN/c9-7-3-1-2-6-4-5-10-8(6)7/h1-5H. The first-order chi connectivity index (χ1) is 4.88. The van der Waals surface area contributed by atoms with Gasteiger partial charge in [-0.05, 0) is 12.1 Å². The van der Waals surface area contributed by atoms with E-state index in [2.05, 4.69) is 5.32 Å². The van der Waals surface area contributed by atoms with Crippen molar-refractivity contribution < 1.29 is 0 Å². The van der Waals surface area contributed by atoms with Gasteiger partial charge in [-0.1, -0.05) is 23.7 Å². The molecule has 1 aromatic rings. The molecule has 2 rings (SSSR count). The van der Waals surface area contributed by atoms with E-state index in [4.69, 9.17) is 11.6 Å². The van der Waals surface area contributed by atoms with Crippen LogP contribution in [0.4, 0.5) is 5.69 Å². The third-order valence-electron chi connectivity index (χ3n) is 1.48. The SMILES string of the molecule is Clc1cccc2c1[N]C=C2. The van der Waals surface area contributed by atoms with Gasteiger partial charge in [0.05, 0.1) is 10.7 Å². The molecule has 10 heavy (non-hydrogen) atoms. The largest absolute Gasteiger partial charge is 0.255 e. The lowest BCUT2D eigenvalue weighted by Gasteiger charge is -1.97. The Morgan fingerprint density at radius 2 is 2.20 bits per heavy atom. The van der Waals surface area contributed by atoms with Crippen molar-refractivity contribution in [2.45, 2.75) is 0 Å². The highest BCUT2D eigenvalue weighted by Crippen LogP contribution is 2.30. The summed E-state index contributed by atoms with van der Waals surface area (Å²) in [5.41, 5.74) is 2.00. The van der Waals surface area contributed by atoms with Gasteiger partial charge in [0.1, 0.15) is 0 Å². The van der Waals surface area contributed by atoms with Crippen LogP contribution in [0.2, 0.25) is 5.02 Å². The van der Waals surface area contributed by atoms with E-state index < -0.39 is 0 Å². The van der Waals surface area contributed by atoms with Gasteiger partial charge < -0.3 is 0 Å². The topological polar surface area (TPSA) is 14.1 Å². The van der Waals surface area contributed by atoms with Gasteiger partial charge in [-0.15, -0.1) is 0 Å². The molecule has 0 atom stereocenters. The molecule has 49 valence electrons. The molecular formula is C8H5ClN. The molecule has 1 heterocycles. The monoisotopic (exact) mass is 150 g/mol. The number of hydrogen-bond acceptors (Lipinski definition) is 0. The number of para-hydroxylation sites is 1. The van der Waals surface area contributed by atoms with Gasteiger partial charge in [-0.3, -0.25) is 5.32 Å². The number of fused-ring (bicyclic) bond motifs is 1. The second kappa shape index (κ2) is 2.03. The maximum Gasteiger partial charge on any atom is 0.0888 e. The molecule has 1 aliphatic heterocycles. The summed E-state index contributed by atoms with van der Waals surface area (Å²) in [6.45, 7) is 0. The van der Waals surface area contributed by atoms with E-state index in [9.17, 15) is 0 Å². The summed E-state index contributed by atoms with van der Waals surface area (Å²) in [4.78, 5) is 0. The lowest BCUT2D eigenvalue weighted by Crippen LogP contribution is -1.81. The van der Waals surface area contributed by atoms with Crippen molar-refractivity contribution in [2.75, 3.05) is 0 Å². The van der Waals surface area contributed by atoms with Crippen LogP contribution >= 0.6 is 11.6 Å². The van der Waals surface area contributed by atoms with E-state index in [1.807, 2.05) is 24.3 Å². The molecule has 2 heteroatoms. The Kier molecular flexibility index (Phi) is 1.18. The van der Waals surface area contributed by atoms with Crippen molar-refractivity contribution in [3.63, 3.8) is 0 Å². The first kappa shape index (κ1) is 5.81. The molecule has 0 aliphatic carbocycles. The van der Waals surface area contributed by atoms with Crippen LogP contribution in [-0.4, -0.2) is 0 Å². The minimum Gasteiger partial charge on any atom is -0.255 e. The molecule has 1 aromatic carbocycles. The third kappa shape index (κ3) is 0.711. The van der Waals surface area contributed by atoms with Gasteiger partial charge in [0.25, 0.3) is 0 Å². The molecule has 1 radical (unpaired) electrons. The van der Waals surface area contributed by atoms with Crippen LogP contribution in [-0.2, 0) is 0 Å². The van der Waals surface area contributed by atoms with Crippen LogP contribution < -0.4 is 5.32 Å². The van der Waals surface area contributed by atoms with Crippen LogP contribution in [0.15, 0.2) is 24.4 Å².